The van der Waals surface area contributed by atoms with E-state index in [0.29, 0.717) is 11.4 Å². The topological polar surface area (TPSA) is 47.8 Å². The first-order valence-electron chi connectivity index (χ1n) is 4.65. The van der Waals surface area contributed by atoms with Gasteiger partial charge in [0, 0.05) is 5.56 Å². The Bertz CT molecular complexity index is 502. The van der Waals surface area contributed by atoms with E-state index in [2.05, 4.69) is 10.1 Å². The number of aromatic nitrogens is 3. The fraction of sp³-hybridized carbons (Fsp3) is 0.182. The minimum Gasteiger partial charge on any atom is -0.298 e. The summed E-state index contributed by atoms with van der Waals surface area (Å²) in [5.41, 5.74) is 2.44. The summed E-state index contributed by atoms with van der Waals surface area (Å²) in [6.45, 7) is 3.76. The van der Waals surface area contributed by atoms with E-state index in [4.69, 9.17) is 0 Å². The van der Waals surface area contributed by atoms with Crippen LogP contribution in [0.25, 0.3) is 5.69 Å². The van der Waals surface area contributed by atoms with Crippen molar-refractivity contribution in [1.82, 2.24) is 14.8 Å². The minimum atomic E-state index is 0.625. The molecule has 2 rings (SSSR count). The highest BCUT2D eigenvalue weighted by atomic mass is 16.1. The van der Waals surface area contributed by atoms with Crippen LogP contribution in [0.4, 0.5) is 0 Å². The van der Waals surface area contributed by atoms with Gasteiger partial charge in [0.25, 0.3) is 0 Å². The quantitative estimate of drug-likeness (QED) is 0.695. The summed E-state index contributed by atoms with van der Waals surface area (Å²) in [4.78, 5) is 14.9. The molecule has 0 aliphatic carbocycles. The average molecular weight is 201 g/mol. The highest BCUT2D eigenvalue weighted by Crippen LogP contribution is 2.13. The molecule has 1 aromatic heterocycles. The highest BCUT2D eigenvalue weighted by Gasteiger charge is 2.05. The molecule has 0 saturated heterocycles. The number of carbonyl (C=O) groups is 1. The predicted molar refractivity (Wildman–Crippen MR) is 56.2 cm³/mol. The summed E-state index contributed by atoms with van der Waals surface area (Å²) in [5.74, 6) is 0.687. The fourth-order valence-corrected chi connectivity index (χ4v) is 1.44. The molecular formula is C11H11N3O. The van der Waals surface area contributed by atoms with Crippen molar-refractivity contribution in [1.29, 1.82) is 0 Å². The largest absolute Gasteiger partial charge is 0.298 e. The Morgan fingerprint density at radius 3 is 2.73 bits per heavy atom. The molecule has 2 aromatic rings. The number of benzene rings is 1. The standard InChI is InChI=1S/C11H11N3O/c1-8-3-4-11(10(5-8)6-15)14-7-12-9(2)13-14/h3-7H,1-2H3. The molecule has 0 spiro atoms. The molecule has 15 heavy (non-hydrogen) atoms. The molecule has 0 unspecified atom stereocenters. The molecule has 0 radical (unpaired) electrons. The number of nitrogens with zero attached hydrogens (tertiary/aromatic N) is 3. The summed E-state index contributed by atoms with van der Waals surface area (Å²) >= 11 is 0. The van der Waals surface area contributed by atoms with Crippen molar-refractivity contribution in [3.63, 3.8) is 0 Å². The molecule has 0 bridgehead atoms. The number of aryl methyl sites for hydroxylation is 2. The van der Waals surface area contributed by atoms with Crippen molar-refractivity contribution in [2.24, 2.45) is 0 Å². The van der Waals surface area contributed by atoms with Gasteiger partial charge in [-0.25, -0.2) is 9.67 Å². The second kappa shape index (κ2) is 3.65. The van der Waals surface area contributed by atoms with Gasteiger partial charge in [0.2, 0.25) is 0 Å². The third-order valence-electron chi connectivity index (χ3n) is 2.16. The van der Waals surface area contributed by atoms with Crippen LogP contribution >= 0.6 is 0 Å². The number of aldehydes is 1. The number of carbonyl (C=O) groups excluding carboxylic acids is 1. The van der Waals surface area contributed by atoms with Crippen molar-refractivity contribution >= 4 is 6.29 Å². The Labute approximate surface area is 87.6 Å². The molecule has 76 valence electrons. The predicted octanol–water partition coefficient (Wildman–Crippen LogP) is 1.70. The number of hydrogen-bond acceptors (Lipinski definition) is 3. The molecule has 0 atom stereocenters. The monoisotopic (exact) mass is 201 g/mol. The lowest BCUT2D eigenvalue weighted by Gasteiger charge is -2.04. The van der Waals surface area contributed by atoms with Crippen LogP contribution in [0.2, 0.25) is 0 Å². The van der Waals surface area contributed by atoms with E-state index in [-0.39, 0.29) is 0 Å². The van der Waals surface area contributed by atoms with Gasteiger partial charge in [0.15, 0.2) is 6.29 Å². The van der Waals surface area contributed by atoms with Crippen LogP contribution in [-0.2, 0) is 0 Å². The van der Waals surface area contributed by atoms with Gasteiger partial charge < -0.3 is 0 Å². The maximum Gasteiger partial charge on any atom is 0.152 e. The number of hydrogen-bond donors (Lipinski definition) is 0. The van der Waals surface area contributed by atoms with Crippen molar-refractivity contribution in [3.05, 3.63) is 41.5 Å². The zero-order chi connectivity index (χ0) is 10.8. The molecule has 0 amide bonds. The van der Waals surface area contributed by atoms with Crippen LogP contribution in [0.5, 0.6) is 0 Å². The van der Waals surface area contributed by atoms with E-state index < -0.39 is 0 Å². The van der Waals surface area contributed by atoms with Gasteiger partial charge in [-0.2, -0.15) is 5.10 Å². The van der Waals surface area contributed by atoms with Crippen LogP contribution in [0.15, 0.2) is 24.5 Å². The van der Waals surface area contributed by atoms with Crippen molar-refractivity contribution in [2.45, 2.75) is 13.8 Å². The van der Waals surface area contributed by atoms with Crippen LogP contribution < -0.4 is 0 Å². The van der Waals surface area contributed by atoms with Crippen molar-refractivity contribution < 1.29 is 4.79 Å². The van der Waals surface area contributed by atoms with Gasteiger partial charge in [0.1, 0.15) is 12.2 Å². The van der Waals surface area contributed by atoms with Gasteiger partial charge in [-0.05, 0) is 26.0 Å². The van der Waals surface area contributed by atoms with Crippen molar-refractivity contribution in [2.75, 3.05) is 0 Å². The molecule has 1 aromatic carbocycles. The van der Waals surface area contributed by atoms with E-state index in [9.17, 15) is 4.79 Å². The van der Waals surface area contributed by atoms with Crippen LogP contribution in [0.1, 0.15) is 21.7 Å². The molecule has 0 aliphatic heterocycles. The Morgan fingerprint density at radius 2 is 2.13 bits per heavy atom. The third kappa shape index (κ3) is 1.79. The molecular weight excluding hydrogens is 190 g/mol. The zero-order valence-electron chi connectivity index (χ0n) is 8.64. The van der Waals surface area contributed by atoms with Crippen LogP contribution in [0, 0.1) is 13.8 Å². The van der Waals surface area contributed by atoms with Gasteiger partial charge in [-0.15, -0.1) is 0 Å². The Morgan fingerprint density at radius 1 is 1.33 bits per heavy atom. The first-order valence-corrected chi connectivity index (χ1v) is 4.65. The molecule has 0 fully saturated rings. The molecule has 4 heteroatoms. The lowest BCUT2D eigenvalue weighted by Crippen LogP contribution is -2.00. The van der Waals surface area contributed by atoms with E-state index in [1.165, 1.54) is 0 Å². The maximum absolute atomic E-state index is 10.9. The Kier molecular flexibility index (Phi) is 2.33. The van der Waals surface area contributed by atoms with E-state index in [0.717, 1.165) is 17.5 Å². The molecule has 0 aliphatic rings. The summed E-state index contributed by atoms with van der Waals surface area (Å²) in [7, 11) is 0. The Hall–Kier alpha value is -1.97. The maximum atomic E-state index is 10.9. The van der Waals surface area contributed by atoms with Crippen molar-refractivity contribution in [3.8, 4) is 5.69 Å². The van der Waals surface area contributed by atoms with Gasteiger partial charge in [-0.3, -0.25) is 4.79 Å². The fourth-order valence-electron chi connectivity index (χ4n) is 1.44. The molecule has 0 saturated carbocycles. The smallest absolute Gasteiger partial charge is 0.152 e. The summed E-state index contributed by atoms with van der Waals surface area (Å²) < 4.78 is 1.61. The molecule has 0 N–H and O–H groups in total. The second-order valence-corrected chi connectivity index (χ2v) is 3.42. The summed E-state index contributed by atoms with van der Waals surface area (Å²) in [6, 6.07) is 5.64. The second-order valence-electron chi connectivity index (χ2n) is 3.42. The Balaban J connectivity index is 2.57. The van der Waals surface area contributed by atoms with Crippen LogP contribution in [-0.4, -0.2) is 21.1 Å². The summed E-state index contributed by atoms with van der Waals surface area (Å²) in [5, 5.41) is 4.17. The number of rotatable bonds is 2. The van der Waals surface area contributed by atoms with Gasteiger partial charge in [-0.1, -0.05) is 11.6 Å². The van der Waals surface area contributed by atoms with E-state index in [1.54, 1.807) is 11.0 Å². The highest BCUT2D eigenvalue weighted by molar-refractivity contribution is 5.81. The first-order chi connectivity index (χ1) is 7.20. The minimum absolute atomic E-state index is 0.625. The summed E-state index contributed by atoms with van der Waals surface area (Å²) in [6.07, 6.45) is 2.44. The zero-order valence-corrected chi connectivity index (χ0v) is 8.64. The SMILES string of the molecule is Cc1ccc(-n2cnc(C)n2)c(C=O)c1. The first kappa shape index (κ1) is 9.58. The normalized spacial score (nSPS) is 10.3. The van der Waals surface area contributed by atoms with Gasteiger partial charge in [0.05, 0.1) is 5.69 Å². The lowest BCUT2D eigenvalue weighted by atomic mass is 10.1. The lowest BCUT2D eigenvalue weighted by molar-refractivity contribution is 0.112. The van der Waals surface area contributed by atoms with E-state index >= 15 is 0 Å². The molecule has 4 nitrogen and oxygen atoms in total. The van der Waals surface area contributed by atoms with Gasteiger partial charge >= 0.3 is 0 Å². The average Bonchev–Trinajstić information content (AvgIpc) is 2.64. The third-order valence-corrected chi connectivity index (χ3v) is 2.16. The molecule has 1 heterocycles. The van der Waals surface area contributed by atoms with E-state index in [1.807, 2.05) is 32.0 Å². The van der Waals surface area contributed by atoms with Crippen LogP contribution in [0.3, 0.4) is 0 Å².